The van der Waals surface area contributed by atoms with Gasteiger partial charge in [0.15, 0.2) is 0 Å². The number of anilines is 1. The summed E-state index contributed by atoms with van der Waals surface area (Å²) in [5, 5.41) is 4.05. The molecule has 12 heteroatoms. The molecule has 1 N–H and O–H groups in total. The fraction of sp³-hybridized carbons (Fsp3) is 0.469. The van der Waals surface area contributed by atoms with E-state index in [9.17, 15) is 9.35 Å². The van der Waals surface area contributed by atoms with Gasteiger partial charge in [-0.1, -0.05) is 34.4 Å². The Kier molecular flexibility index (Phi) is 11.6. The number of piperidine rings is 1. The van der Waals surface area contributed by atoms with Gasteiger partial charge in [0.1, 0.15) is 17.3 Å². The van der Waals surface area contributed by atoms with Gasteiger partial charge >= 0.3 is 0 Å². The van der Waals surface area contributed by atoms with Crippen LogP contribution in [0, 0.1) is 5.92 Å². The number of carbonyl (C=O) groups excluding carboxylic acids is 1. The zero-order valence-electron chi connectivity index (χ0n) is 25.3. The Balaban J connectivity index is 1.27. The molecule has 4 heterocycles. The summed E-state index contributed by atoms with van der Waals surface area (Å²) < 4.78 is 17.7. The van der Waals surface area contributed by atoms with Crippen molar-refractivity contribution in [1.29, 1.82) is 0 Å². The van der Waals surface area contributed by atoms with Crippen LogP contribution in [0.4, 0.5) is 5.82 Å². The number of ether oxygens (including phenoxy) is 1. The van der Waals surface area contributed by atoms with Crippen molar-refractivity contribution in [3.8, 4) is 22.9 Å². The molecule has 0 aliphatic carbocycles. The summed E-state index contributed by atoms with van der Waals surface area (Å²) in [6.07, 6.45) is 5.58. The number of pyridine rings is 2. The van der Waals surface area contributed by atoms with Crippen LogP contribution in [0.15, 0.2) is 48.7 Å². The smallest absolute Gasteiger partial charge is 0.220 e. The summed E-state index contributed by atoms with van der Waals surface area (Å²) in [6.45, 7) is 9.45. The number of benzene rings is 1. The minimum Gasteiger partial charge on any atom is -0.617 e. The van der Waals surface area contributed by atoms with Crippen LogP contribution in [-0.2, 0) is 22.5 Å². The van der Waals surface area contributed by atoms with Crippen LogP contribution in [-0.4, -0.2) is 94.6 Å². The van der Waals surface area contributed by atoms with Gasteiger partial charge in [-0.15, -0.1) is 0 Å². The zero-order chi connectivity index (χ0) is 31.1. The van der Waals surface area contributed by atoms with E-state index in [-0.39, 0.29) is 5.91 Å². The Morgan fingerprint density at radius 2 is 1.75 bits per heavy atom. The Morgan fingerprint density at radius 1 is 1.02 bits per heavy atom. The SMILES string of the molecule is CC(=O)NCC1CCN(Cc2cc(Oc3ccc(N4CCN(CC[S+](C)[O-])CC4)nc3)nc(-c3cc(Cl)cc(Cl)c3)c2)CC1. The lowest BCUT2D eigenvalue weighted by atomic mass is 9.96. The second-order valence-corrected chi connectivity index (χ2v) is 14.0. The molecular formula is C32H40Cl2N6O3S. The van der Waals surface area contributed by atoms with Crippen molar-refractivity contribution in [2.75, 3.05) is 69.3 Å². The van der Waals surface area contributed by atoms with E-state index in [0.717, 1.165) is 94.4 Å². The molecule has 1 aromatic carbocycles. The molecule has 44 heavy (non-hydrogen) atoms. The van der Waals surface area contributed by atoms with Crippen molar-refractivity contribution in [2.24, 2.45) is 5.92 Å². The van der Waals surface area contributed by atoms with E-state index in [1.165, 1.54) is 0 Å². The van der Waals surface area contributed by atoms with Gasteiger partial charge < -0.3 is 19.5 Å². The molecule has 1 unspecified atom stereocenters. The molecule has 2 fully saturated rings. The molecule has 2 saturated heterocycles. The van der Waals surface area contributed by atoms with E-state index in [4.69, 9.17) is 32.9 Å². The van der Waals surface area contributed by atoms with E-state index in [1.54, 1.807) is 25.4 Å². The van der Waals surface area contributed by atoms with Crippen LogP contribution in [0.2, 0.25) is 10.0 Å². The van der Waals surface area contributed by atoms with Crippen LogP contribution in [0.1, 0.15) is 25.3 Å². The van der Waals surface area contributed by atoms with E-state index < -0.39 is 11.2 Å². The largest absolute Gasteiger partial charge is 0.617 e. The highest BCUT2D eigenvalue weighted by molar-refractivity contribution is 7.90. The van der Waals surface area contributed by atoms with E-state index in [2.05, 4.69) is 31.1 Å². The molecule has 0 saturated carbocycles. The van der Waals surface area contributed by atoms with E-state index in [1.807, 2.05) is 30.3 Å². The van der Waals surface area contributed by atoms with Gasteiger partial charge in [-0.3, -0.25) is 14.6 Å². The molecule has 1 atom stereocenters. The first kappa shape index (κ1) is 32.8. The van der Waals surface area contributed by atoms with Gasteiger partial charge in [0.05, 0.1) is 18.1 Å². The molecule has 0 bridgehead atoms. The molecule has 9 nitrogen and oxygen atoms in total. The lowest BCUT2D eigenvalue weighted by Gasteiger charge is -2.35. The topological polar surface area (TPSA) is 96.9 Å². The summed E-state index contributed by atoms with van der Waals surface area (Å²) in [4.78, 5) is 27.9. The standard InChI is InChI=1S/C32H40Cl2N6O3S/c1-23(41)35-20-24-5-7-39(8-6-24)22-25-15-30(26-17-27(33)19-28(34)18-26)37-32(16-25)43-29-3-4-31(36-21-29)40-11-9-38(10-12-40)13-14-44(2)42/h3-4,15-19,21,24H,5-14,20,22H2,1-2H3,(H,35,41). The van der Waals surface area contributed by atoms with Crippen molar-refractivity contribution in [1.82, 2.24) is 25.1 Å². The number of likely N-dealkylation sites (tertiary alicyclic amines) is 1. The molecule has 0 radical (unpaired) electrons. The average Bonchev–Trinajstić information content (AvgIpc) is 3.00. The predicted octanol–water partition coefficient (Wildman–Crippen LogP) is 5.09. The molecule has 5 rings (SSSR count). The molecule has 2 aliphatic heterocycles. The first-order valence-corrected chi connectivity index (χ1v) is 17.5. The summed E-state index contributed by atoms with van der Waals surface area (Å²) in [5.74, 6) is 3.24. The van der Waals surface area contributed by atoms with Gasteiger partial charge in [0.2, 0.25) is 11.8 Å². The summed E-state index contributed by atoms with van der Waals surface area (Å²) in [5.41, 5.74) is 2.63. The lowest BCUT2D eigenvalue weighted by Crippen LogP contribution is -2.47. The number of carbonyl (C=O) groups is 1. The van der Waals surface area contributed by atoms with Crippen LogP contribution in [0.5, 0.6) is 11.6 Å². The van der Waals surface area contributed by atoms with Gasteiger partial charge in [-0.2, -0.15) is 0 Å². The second kappa shape index (κ2) is 15.6. The first-order valence-electron chi connectivity index (χ1n) is 15.1. The Bertz CT molecular complexity index is 1380. The lowest BCUT2D eigenvalue weighted by molar-refractivity contribution is -0.119. The number of nitrogens with zero attached hydrogens (tertiary/aromatic N) is 5. The van der Waals surface area contributed by atoms with Crippen LogP contribution < -0.4 is 15.0 Å². The maximum atomic E-state index is 11.4. The van der Waals surface area contributed by atoms with Crippen LogP contribution in [0.25, 0.3) is 11.3 Å². The highest BCUT2D eigenvalue weighted by Gasteiger charge is 2.21. The maximum absolute atomic E-state index is 11.4. The number of hydrogen-bond donors (Lipinski definition) is 1. The number of amides is 1. The number of aromatic nitrogens is 2. The van der Waals surface area contributed by atoms with Gasteiger partial charge in [0.25, 0.3) is 0 Å². The van der Waals surface area contributed by atoms with Crippen molar-refractivity contribution in [3.63, 3.8) is 0 Å². The van der Waals surface area contributed by atoms with E-state index >= 15 is 0 Å². The minimum absolute atomic E-state index is 0.0245. The van der Waals surface area contributed by atoms with Gasteiger partial charge in [0, 0.05) is 74.4 Å². The molecule has 1 amide bonds. The fourth-order valence-corrected chi connectivity index (χ4v) is 6.69. The minimum atomic E-state index is -0.766. The molecule has 2 aliphatic rings. The highest BCUT2D eigenvalue weighted by Crippen LogP contribution is 2.31. The van der Waals surface area contributed by atoms with Crippen molar-refractivity contribution < 1.29 is 14.1 Å². The van der Waals surface area contributed by atoms with Gasteiger partial charge in [-0.25, -0.2) is 9.97 Å². The van der Waals surface area contributed by atoms with Crippen molar-refractivity contribution in [3.05, 3.63) is 64.3 Å². The number of nitrogens with one attached hydrogen (secondary N) is 1. The number of halogens is 2. The molecule has 236 valence electrons. The third kappa shape index (κ3) is 9.70. The van der Waals surface area contributed by atoms with Gasteiger partial charge in [-0.05, 0) is 73.8 Å². The summed E-state index contributed by atoms with van der Waals surface area (Å²) in [6, 6.07) is 13.4. The van der Waals surface area contributed by atoms with E-state index in [0.29, 0.717) is 33.3 Å². The fourth-order valence-electron chi connectivity index (χ4n) is 5.65. The Hall–Kier alpha value is -2.60. The molecule has 3 aromatic rings. The number of rotatable bonds is 11. The molecular weight excluding hydrogens is 619 g/mol. The average molecular weight is 660 g/mol. The third-order valence-electron chi connectivity index (χ3n) is 8.11. The summed E-state index contributed by atoms with van der Waals surface area (Å²) >= 11 is 11.9. The predicted molar refractivity (Wildman–Crippen MR) is 178 cm³/mol. The second-order valence-electron chi connectivity index (χ2n) is 11.6. The first-order chi connectivity index (χ1) is 21.2. The Labute approximate surface area is 273 Å². The maximum Gasteiger partial charge on any atom is 0.220 e. The normalized spacial score (nSPS) is 17.4. The quantitative estimate of drug-likeness (QED) is 0.285. The van der Waals surface area contributed by atoms with Crippen LogP contribution in [0.3, 0.4) is 0 Å². The van der Waals surface area contributed by atoms with Crippen molar-refractivity contribution in [2.45, 2.75) is 26.3 Å². The molecule has 2 aromatic heterocycles. The highest BCUT2D eigenvalue weighted by atomic mass is 35.5. The summed E-state index contributed by atoms with van der Waals surface area (Å²) in [7, 11) is 0. The van der Waals surface area contributed by atoms with Crippen LogP contribution >= 0.6 is 23.2 Å². The zero-order valence-corrected chi connectivity index (χ0v) is 27.6. The molecule has 0 spiro atoms. The monoisotopic (exact) mass is 658 g/mol. The third-order valence-corrected chi connectivity index (χ3v) is 9.30. The number of hydrogen-bond acceptors (Lipinski definition) is 8. The van der Waals surface area contributed by atoms with Crippen molar-refractivity contribution >= 4 is 46.1 Å². The number of piperazine rings is 1. The Morgan fingerprint density at radius 3 is 2.39 bits per heavy atom.